The Morgan fingerprint density at radius 1 is 1.35 bits per heavy atom. The van der Waals surface area contributed by atoms with E-state index in [0.29, 0.717) is 17.2 Å². The van der Waals surface area contributed by atoms with Crippen LogP contribution in [0.2, 0.25) is 5.02 Å². The van der Waals surface area contributed by atoms with E-state index in [1.54, 1.807) is 6.26 Å². The fraction of sp³-hybridized carbons (Fsp3) is 0.385. The van der Waals surface area contributed by atoms with Crippen LogP contribution in [-0.2, 0) is 6.54 Å². The first-order chi connectivity index (χ1) is 7.87. The molecule has 92 valence electrons. The molecular weight excluding hydrogens is 241 g/mol. The van der Waals surface area contributed by atoms with Gasteiger partial charge in [0.2, 0.25) is 0 Å². The number of halogens is 2. The summed E-state index contributed by atoms with van der Waals surface area (Å²) in [6.45, 7) is 6.84. The van der Waals surface area contributed by atoms with Gasteiger partial charge in [-0.1, -0.05) is 11.6 Å². The Bertz CT molecular complexity index is 542. The molecule has 1 aromatic carbocycles. The summed E-state index contributed by atoms with van der Waals surface area (Å²) in [5, 5.41) is 4.37. The number of benzene rings is 1. The van der Waals surface area contributed by atoms with E-state index in [-0.39, 0.29) is 11.4 Å². The van der Waals surface area contributed by atoms with Gasteiger partial charge in [0, 0.05) is 23.0 Å². The first kappa shape index (κ1) is 12.4. The molecule has 17 heavy (non-hydrogen) atoms. The SMILES string of the molecule is CC(C)(C)NCc1coc2c(Cl)cc(F)cc12. The lowest BCUT2D eigenvalue weighted by molar-refractivity contribution is 0.423. The molecule has 0 fully saturated rings. The van der Waals surface area contributed by atoms with Gasteiger partial charge in [0.1, 0.15) is 5.82 Å². The molecule has 2 aromatic rings. The highest BCUT2D eigenvalue weighted by molar-refractivity contribution is 6.34. The van der Waals surface area contributed by atoms with E-state index >= 15 is 0 Å². The van der Waals surface area contributed by atoms with E-state index in [2.05, 4.69) is 26.1 Å². The third-order valence-electron chi connectivity index (χ3n) is 2.48. The largest absolute Gasteiger partial charge is 0.462 e. The lowest BCUT2D eigenvalue weighted by Gasteiger charge is -2.19. The second-order valence-electron chi connectivity index (χ2n) is 5.13. The van der Waals surface area contributed by atoms with Crippen LogP contribution in [0.5, 0.6) is 0 Å². The van der Waals surface area contributed by atoms with Gasteiger partial charge in [0.15, 0.2) is 5.58 Å². The van der Waals surface area contributed by atoms with Crippen LogP contribution >= 0.6 is 11.6 Å². The van der Waals surface area contributed by atoms with E-state index in [4.69, 9.17) is 16.0 Å². The molecule has 0 aliphatic rings. The maximum atomic E-state index is 13.3. The van der Waals surface area contributed by atoms with Gasteiger partial charge in [-0.3, -0.25) is 0 Å². The van der Waals surface area contributed by atoms with Crippen LogP contribution < -0.4 is 5.32 Å². The molecule has 0 atom stereocenters. The number of furan rings is 1. The predicted molar refractivity (Wildman–Crippen MR) is 67.8 cm³/mol. The molecule has 4 heteroatoms. The fourth-order valence-corrected chi connectivity index (χ4v) is 1.86. The second-order valence-corrected chi connectivity index (χ2v) is 5.54. The van der Waals surface area contributed by atoms with Gasteiger partial charge in [-0.15, -0.1) is 0 Å². The van der Waals surface area contributed by atoms with Crippen LogP contribution in [0.3, 0.4) is 0 Å². The Balaban J connectivity index is 2.36. The summed E-state index contributed by atoms with van der Waals surface area (Å²) >= 11 is 5.91. The van der Waals surface area contributed by atoms with Crippen molar-refractivity contribution in [3.8, 4) is 0 Å². The molecule has 1 heterocycles. The third kappa shape index (κ3) is 2.79. The third-order valence-corrected chi connectivity index (χ3v) is 2.76. The number of nitrogens with one attached hydrogen (secondary N) is 1. The zero-order valence-corrected chi connectivity index (χ0v) is 10.9. The molecule has 0 radical (unpaired) electrons. The smallest absolute Gasteiger partial charge is 0.152 e. The summed E-state index contributed by atoms with van der Waals surface area (Å²) in [6, 6.07) is 2.71. The molecular formula is C13H15ClFNO. The summed E-state index contributed by atoms with van der Waals surface area (Å²) in [5.41, 5.74) is 1.45. The lowest BCUT2D eigenvalue weighted by Crippen LogP contribution is -2.34. The lowest BCUT2D eigenvalue weighted by atomic mass is 10.1. The summed E-state index contributed by atoms with van der Waals surface area (Å²) < 4.78 is 18.6. The van der Waals surface area contributed by atoms with Crippen LogP contribution in [0.25, 0.3) is 11.0 Å². The van der Waals surface area contributed by atoms with E-state index in [9.17, 15) is 4.39 Å². The van der Waals surface area contributed by atoms with E-state index in [1.165, 1.54) is 12.1 Å². The average molecular weight is 256 g/mol. The van der Waals surface area contributed by atoms with Crippen molar-refractivity contribution in [1.82, 2.24) is 5.32 Å². The molecule has 2 rings (SSSR count). The molecule has 0 spiro atoms. The standard InChI is InChI=1S/C13H15ClFNO/c1-13(2,3)16-6-8-7-17-12-10(8)4-9(15)5-11(12)14/h4-5,7,16H,6H2,1-3H3. The number of fused-ring (bicyclic) bond motifs is 1. The van der Waals surface area contributed by atoms with Crippen molar-refractivity contribution in [3.05, 3.63) is 34.8 Å². The first-order valence-electron chi connectivity index (χ1n) is 5.47. The van der Waals surface area contributed by atoms with Crippen molar-refractivity contribution in [2.75, 3.05) is 0 Å². The minimum Gasteiger partial charge on any atom is -0.462 e. The predicted octanol–water partition coefficient (Wildman–Crippen LogP) is 4.11. The Hall–Kier alpha value is -1.06. The van der Waals surface area contributed by atoms with Gasteiger partial charge >= 0.3 is 0 Å². The van der Waals surface area contributed by atoms with Gasteiger partial charge in [-0.05, 0) is 32.9 Å². The zero-order valence-electron chi connectivity index (χ0n) is 10.1. The van der Waals surface area contributed by atoms with Gasteiger partial charge in [-0.2, -0.15) is 0 Å². The second kappa shape index (κ2) is 4.31. The van der Waals surface area contributed by atoms with E-state index in [0.717, 1.165) is 10.9 Å². The molecule has 0 bridgehead atoms. The van der Waals surface area contributed by atoms with Crippen LogP contribution in [0, 0.1) is 5.82 Å². The van der Waals surface area contributed by atoms with Gasteiger partial charge in [0.25, 0.3) is 0 Å². The highest BCUT2D eigenvalue weighted by atomic mass is 35.5. The fourth-order valence-electron chi connectivity index (χ4n) is 1.61. The molecule has 0 unspecified atom stereocenters. The van der Waals surface area contributed by atoms with Crippen LogP contribution in [0.1, 0.15) is 26.3 Å². The van der Waals surface area contributed by atoms with E-state index in [1.807, 2.05) is 0 Å². The summed E-state index contributed by atoms with van der Waals surface area (Å²) in [7, 11) is 0. The Kier molecular flexibility index (Phi) is 3.15. The Morgan fingerprint density at radius 3 is 2.71 bits per heavy atom. The zero-order chi connectivity index (χ0) is 12.6. The summed E-state index contributed by atoms with van der Waals surface area (Å²) in [5.74, 6) is -0.346. The van der Waals surface area contributed by atoms with Crippen LogP contribution in [0.15, 0.2) is 22.8 Å². The van der Waals surface area contributed by atoms with Crippen LogP contribution in [0.4, 0.5) is 4.39 Å². The van der Waals surface area contributed by atoms with Crippen molar-refractivity contribution in [1.29, 1.82) is 0 Å². The minimum atomic E-state index is -0.346. The van der Waals surface area contributed by atoms with Crippen molar-refractivity contribution in [2.45, 2.75) is 32.9 Å². The molecule has 0 aliphatic carbocycles. The molecule has 0 saturated carbocycles. The summed E-state index contributed by atoms with van der Waals surface area (Å²) in [6.07, 6.45) is 1.62. The van der Waals surface area contributed by atoms with Crippen molar-refractivity contribution in [2.24, 2.45) is 0 Å². The van der Waals surface area contributed by atoms with Crippen molar-refractivity contribution >= 4 is 22.6 Å². The Morgan fingerprint density at radius 2 is 2.06 bits per heavy atom. The van der Waals surface area contributed by atoms with Crippen LogP contribution in [-0.4, -0.2) is 5.54 Å². The van der Waals surface area contributed by atoms with Crippen molar-refractivity contribution in [3.63, 3.8) is 0 Å². The van der Waals surface area contributed by atoms with Crippen molar-refractivity contribution < 1.29 is 8.81 Å². The van der Waals surface area contributed by atoms with Gasteiger partial charge in [0.05, 0.1) is 11.3 Å². The van der Waals surface area contributed by atoms with Gasteiger partial charge < -0.3 is 9.73 Å². The van der Waals surface area contributed by atoms with E-state index < -0.39 is 0 Å². The highest BCUT2D eigenvalue weighted by Gasteiger charge is 2.14. The maximum absolute atomic E-state index is 13.3. The topological polar surface area (TPSA) is 25.2 Å². The molecule has 2 nitrogen and oxygen atoms in total. The summed E-state index contributed by atoms with van der Waals surface area (Å²) in [4.78, 5) is 0. The molecule has 0 saturated heterocycles. The molecule has 0 amide bonds. The number of hydrogen-bond donors (Lipinski definition) is 1. The average Bonchev–Trinajstić information content (AvgIpc) is 2.57. The van der Waals surface area contributed by atoms with Gasteiger partial charge in [-0.25, -0.2) is 4.39 Å². The molecule has 1 N–H and O–H groups in total. The normalized spacial score (nSPS) is 12.3. The Labute approximate surface area is 105 Å². The number of hydrogen-bond acceptors (Lipinski definition) is 2. The quantitative estimate of drug-likeness (QED) is 0.874. The maximum Gasteiger partial charge on any atom is 0.152 e. The first-order valence-corrected chi connectivity index (χ1v) is 5.85. The molecule has 1 aromatic heterocycles. The highest BCUT2D eigenvalue weighted by Crippen LogP contribution is 2.29. The molecule has 0 aliphatic heterocycles. The number of rotatable bonds is 2. The monoisotopic (exact) mass is 255 g/mol. The minimum absolute atomic E-state index is 0.000707.